The Morgan fingerprint density at radius 2 is 1.95 bits per heavy atom. The van der Waals surface area contributed by atoms with Crippen molar-refractivity contribution in [2.75, 3.05) is 19.0 Å². The number of aliphatic hydroxyl groups is 2. The van der Waals surface area contributed by atoms with Crippen LogP contribution in [0, 0.1) is 11.6 Å². The van der Waals surface area contributed by atoms with Crippen molar-refractivity contribution in [2.24, 2.45) is 0 Å². The summed E-state index contributed by atoms with van der Waals surface area (Å²) in [5.41, 5.74) is -1.01. The zero-order valence-electron chi connectivity index (χ0n) is 11.7. The van der Waals surface area contributed by atoms with E-state index in [1.165, 1.54) is 17.8 Å². The van der Waals surface area contributed by atoms with Gasteiger partial charge in [0.15, 0.2) is 11.6 Å². The van der Waals surface area contributed by atoms with Crippen LogP contribution >= 0.6 is 11.8 Å². The van der Waals surface area contributed by atoms with Gasteiger partial charge in [-0.05, 0) is 24.6 Å². The van der Waals surface area contributed by atoms with Crippen LogP contribution in [0.3, 0.4) is 0 Å². The second-order valence-electron chi connectivity index (χ2n) is 4.67. The second kappa shape index (κ2) is 8.31. The standard InChI is InChI=1S/C14H19F2NO3S/c1-2-14(8-18,9-19)17-13(20)5-6-21-10-3-4-11(15)12(16)7-10/h3-4,7,18-19H,2,5-6,8-9H2,1H3,(H,17,20). The van der Waals surface area contributed by atoms with Gasteiger partial charge >= 0.3 is 0 Å². The second-order valence-corrected chi connectivity index (χ2v) is 5.84. The van der Waals surface area contributed by atoms with E-state index in [0.717, 1.165) is 12.1 Å². The summed E-state index contributed by atoms with van der Waals surface area (Å²) in [4.78, 5) is 12.3. The first-order chi connectivity index (χ1) is 9.96. The molecular formula is C14H19F2NO3S. The molecule has 0 fully saturated rings. The highest BCUT2D eigenvalue weighted by atomic mass is 32.2. The molecule has 0 spiro atoms. The van der Waals surface area contributed by atoms with Crippen molar-refractivity contribution >= 4 is 17.7 Å². The molecule has 0 aliphatic heterocycles. The lowest BCUT2D eigenvalue weighted by Gasteiger charge is -2.29. The van der Waals surface area contributed by atoms with Crippen molar-refractivity contribution in [1.29, 1.82) is 0 Å². The summed E-state index contributed by atoms with van der Waals surface area (Å²) < 4.78 is 25.8. The first-order valence-corrected chi connectivity index (χ1v) is 7.55. The lowest BCUT2D eigenvalue weighted by molar-refractivity contribution is -0.124. The number of halogens is 2. The zero-order valence-corrected chi connectivity index (χ0v) is 12.6. The highest BCUT2D eigenvalue weighted by molar-refractivity contribution is 7.99. The summed E-state index contributed by atoms with van der Waals surface area (Å²) in [6.45, 7) is 1.06. The molecule has 118 valence electrons. The van der Waals surface area contributed by atoms with E-state index in [2.05, 4.69) is 5.32 Å². The van der Waals surface area contributed by atoms with E-state index in [1.54, 1.807) is 6.92 Å². The van der Waals surface area contributed by atoms with Crippen LogP contribution in [0.4, 0.5) is 8.78 Å². The van der Waals surface area contributed by atoms with Gasteiger partial charge < -0.3 is 15.5 Å². The number of aliphatic hydroxyl groups excluding tert-OH is 2. The lowest BCUT2D eigenvalue weighted by Crippen LogP contribution is -2.53. The lowest BCUT2D eigenvalue weighted by atomic mass is 9.98. The van der Waals surface area contributed by atoms with Crippen molar-refractivity contribution in [3.8, 4) is 0 Å². The molecule has 1 amide bonds. The van der Waals surface area contributed by atoms with E-state index in [-0.39, 0.29) is 25.5 Å². The van der Waals surface area contributed by atoms with Crippen LogP contribution in [-0.4, -0.2) is 40.6 Å². The number of hydrogen-bond donors (Lipinski definition) is 3. The molecule has 3 N–H and O–H groups in total. The highest BCUT2D eigenvalue weighted by Crippen LogP contribution is 2.21. The fourth-order valence-electron chi connectivity index (χ4n) is 1.63. The van der Waals surface area contributed by atoms with Crippen LogP contribution in [0.1, 0.15) is 19.8 Å². The molecule has 4 nitrogen and oxygen atoms in total. The minimum absolute atomic E-state index is 0.144. The van der Waals surface area contributed by atoms with Gasteiger partial charge in [-0.1, -0.05) is 6.92 Å². The van der Waals surface area contributed by atoms with E-state index < -0.39 is 17.2 Å². The predicted octanol–water partition coefficient (Wildman–Crippen LogP) is 1.70. The Balaban J connectivity index is 2.44. The number of carbonyl (C=O) groups excluding carboxylic acids is 1. The van der Waals surface area contributed by atoms with Crippen molar-refractivity contribution in [2.45, 2.75) is 30.2 Å². The maximum absolute atomic E-state index is 13.0. The molecule has 0 saturated carbocycles. The summed E-state index contributed by atoms with van der Waals surface area (Å²) in [5, 5.41) is 21.1. The molecule has 7 heteroatoms. The van der Waals surface area contributed by atoms with Gasteiger partial charge in [0.2, 0.25) is 5.91 Å². The third kappa shape index (κ3) is 5.26. The molecule has 0 aliphatic rings. The molecule has 1 aromatic rings. The van der Waals surface area contributed by atoms with Gasteiger partial charge in [-0.3, -0.25) is 4.79 Å². The molecular weight excluding hydrogens is 300 g/mol. The first-order valence-electron chi connectivity index (χ1n) is 6.57. The maximum atomic E-state index is 13.0. The fourth-order valence-corrected chi connectivity index (χ4v) is 2.50. The van der Waals surface area contributed by atoms with Crippen LogP contribution in [0.2, 0.25) is 0 Å². The van der Waals surface area contributed by atoms with Crippen molar-refractivity contribution < 1.29 is 23.8 Å². The number of nitrogens with one attached hydrogen (secondary N) is 1. The number of thioether (sulfide) groups is 1. The van der Waals surface area contributed by atoms with Crippen molar-refractivity contribution in [1.82, 2.24) is 5.32 Å². The molecule has 1 rings (SSSR count). The van der Waals surface area contributed by atoms with E-state index in [9.17, 15) is 23.8 Å². The molecule has 0 bridgehead atoms. The third-order valence-corrected chi connectivity index (χ3v) is 4.17. The number of hydrogen-bond acceptors (Lipinski definition) is 4. The SMILES string of the molecule is CCC(CO)(CO)NC(=O)CCSc1ccc(F)c(F)c1. The van der Waals surface area contributed by atoms with Crippen LogP contribution in [-0.2, 0) is 4.79 Å². The molecule has 0 aromatic heterocycles. The molecule has 0 saturated heterocycles. The largest absolute Gasteiger partial charge is 0.394 e. The number of carbonyl (C=O) groups is 1. The Bertz CT molecular complexity index is 473. The molecule has 0 unspecified atom stereocenters. The Morgan fingerprint density at radius 1 is 1.29 bits per heavy atom. The van der Waals surface area contributed by atoms with Gasteiger partial charge in [-0.15, -0.1) is 11.8 Å². The van der Waals surface area contributed by atoms with E-state index in [1.807, 2.05) is 0 Å². The third-order valence-electron chi connectivity index (χ3n) is 3.18. The van der Waals surface area contributed by atoms with Gasteiger partial charge in [0, 0.05) is 17.1 Å². The van der Waals surface area contributed by atoms with Crippen molar-refractivity contribution in [3.05, 3.63) is 29.8 Å². The summed E-state index contributed by atoms with van der Waals surface area (Å²) in [7, 11) is 0. The smallest absolute Gasteiger partial charge is 0.221 e. The van der Waals surface area contributed by atoms with Gasteiger partial charge in [0.05, 0.1) is 18.8 Å². The topological polar surface area (TPSA) is 69.6 Å². The van der Waals surface area contributed by atoms with E-state index in [4.69, 9.17) is 0 Å². The number of benzene rings is 1. The summed E-state index contributed by atoms with van der Waals surface area (Å²) in [5.74, 6) is -1.76. The Kier molecular flexibility index (Phi) is 7.07. The average Bonchev–Trinajstić information content (AvgIpc) is 2.48. The number of rotatable bonds is 8. The fraction of sp³-hybridized carbons (Fsp3) is 0.500. The molecule has 1 aromatic carbocycles. The predicted molar refractivity (Wildman–Crippen MR) is 77.0 cm³/mol. The Labute approximate surface area is 126 Å². The minimum atomic E-state index is -1.01. The molecule has 21 heavy (non-hydrogen) atoms. The quantitative estimate of drug-likeness (QED) is 0.638. The summed E-state index contributed by atoms with van der Waals surface area (Å²) in [6, 6.07) is 3.56. The first kappa shape index (κ1) is 17.9. The molecule has 0 heterocycles. The minimum Gasteiger partial charge on any atom is -0.394 e. The van der Waals surface area contributed by atoms with Crippen molar-refractivity contribution in [3.63, 3.8) is 0 Å². The zero-order chi connectivity index (χ0) is 15.9. The maximum Gasteiger partial charge on any atom is 0.221 e. The highest BCUT2D eigenvalue weighted by Gasteiger charge is 2.28. The van der Waals surface area contributed by atoms with Crippen LogP contribution in [0.25, 0.3) is 0 Å². The molecule has 0 aliphatic carbocycles. The number of amides is 1. The molecule has 0 radical (unpaired) electrons. The van der Waals surface area contributed by atoms with Gasteiger partial charge in [0.25, 0.3) is 0 Å². The van der Waals surface area contributed by atoms with Gasteiger partial charge in [-0.25, -0.2) is 8.78 Å². The van der Waals surface area contributed by atoms with Crippen LogP contribution in [0.15, 0.2) is 23.1 Å². The average molecular weight is 319 g/mol. The van der Waals surface area contributed by atoms with Gasteiger partial charge in [0.1, 0.15) is 0 Å². The summed E-state index contributed by atoms with van der Waals surface area (Å²) >= 11 is 1.23. The Morgan fingerprint density at radius 3 is 2.48 bits per heavy atom. The Hall–Kier alpha value is -1.18. The summed E-state index contributed by atoms with van der Waals surface area (Å²) in [6.07, 6.45) is 0.549. The van der Waals surface area contributed by atoms with Crippen LogP contribution < -0.4 is 5.32 Å². The normalized spacial score (nSPS) is 11.5. The molecule has 0 atom stereocenters. The van der Waals surface area contributed by atoms with Gasteiger partial charge in [-0.2, -0.15) is 0 Å². The van der Waals surface area contributed by atoms with E-state index in [0.29, 0.717) is 17.1 Å². The van der Waals surface area contributed by atoms with E-state index >= 15 is 0 Å². The van der Waals surface area contributed by atoms with Crippen LogP contribution in [0.5, 0.6) is 0 Å². The monoisotopic (exact) mass is 319 g/mol.